The third-order valence-electron chi connectivity index (χ3n) is 6.66. The van der Waals surface area contributed by atoms with Gasteiger partial charge in [-0.05, 0) is 56.5 Å². The zero-order valence-corrected chi connectivity index (χ0v) is 25.0. The van der Waals surface area contributed by atoms with Crippen LogP contribution in [-0.2, 0) is 11.4 Å². The summed E-state index contributed by atoms with van der Waals surface area (Å²) >= 11 is 7.30. The summed E-state index contributed by atoms with van der Waals surface area (Å²) in [7, 11) is 0. The summed E-state index contributed by atoms with van der Waals surface area (Å²) in [6.45, 7) is 1.41. The SMILES string of the molecule is NCCCCCCn1cc(-n2c(C3CC3)c(Sc3cccc(C(=O)O[O-])c3F)c3ccc(Cl)c(F)c32)cn1.[Na+]. The van der Waals surface area contributed by atoms with Crippen LogP contribution in [0.25, 0.3) is 16.6 Å². The molecular formula is C27H26ClF2N4NaO3S. The number of rotatable bonds is 11. The Morgan fingerprint density at radius 3 is 2.64 bits per heavy atom. The van der Waals surface area contributed by atoms with E-state index in [1.165, 1.54) is 24.3 Å². The molecule has 7 nitrogen and oxygen atoms in total. The molecule has 0 spiro atoms. The topological polar surface area (TPSA) is 98.1 Å². The maximum Gasteiger partial charge on any atom is 1.00 e. The van der Waals surface area contributed by atoms with E-state index in [-0.39, 0.29) is 45.4 Å². The van der Waals surface area contributed by atoms with Crippen molar-refractivity contribution in [1.29, 1.82) is 0 Å². The van der Waals surface area contributed by atoms with E-state index in [0.717, 1.165) is 62.5 Å². The molecule has 0 atom stereocenters. The molecule has 0 unspecified atom stereocenters. The Morgan fingerprint density at radius 1 is 1.15 bits per heavy atom. The van der Waals surface area contributed by atoms with Gasteiger partial charge >= 0.3 is 35.5 Å². The van der Waals surface area contributed by atoms with Crippen LogP contribution in [0.15, 0.2) is 52.5 Å². The van der Waals surface area contributed by atoms with Crippen molar-refractivity contribution in [2.45, 2.75) is 60.8 Å². The molecule has 0 radical (unpaired) electrons. The summed E-state index contributed by atoms with van der Waals surface area (Å²) in [5, 5.41) is 15.7. The molecular weight excluding hydrogens is 557 g/mol. The van der Waals surface area contributed by atoms with Crippen molar-refractivity contribution in [3.8, 4) is 5.69 Å². The molecule has 2 N–H and O–H groups in total. The van der Waals surface area contributed by atoms with Crippen LogP contribution in [-0.4, -0.2) is 26.9 Å². The minimum absolute atomic E-state index is 0. The van der Waals surface area contributed by atoms with Crippen molar-refractivity contribution in [3.63, 3.8) is 0 Å². The average molecular weight is 583 g/mol. The summed E-state index contributed by atoms with van der Waals surface area (Å²) in [6.07, 6.45) is 9.44. The van der Waals surface area contributed by atoms with Gasteiger partial charge in [-0.3, -0.25) is 4.68 Å². The molecule has 4 aromatic rings. The van der Waals surface area contributed by atoms with Gasteiger partial charge in [0.2, 0.25) is 0 Å². The molecule has 2 heterocycles. The summed E-state index contributed by atoms with van der Waals surface area (Å²) in [6, 6.07) is 7.38. The van der Waals surface area contributed by atoms with E-state index in [2.05, 4.69) is 9.99 Å². The number of nitrogens with zero attached hydrogens (tertiary/aromatic N) is 3. The van der Waals surface area contributed by atoms with E-state index in [0.29, 0.717) is 28.0 Å². The molecule has 2 aromatic carbocycles. The summed E-state index contributed by atoms with van der Waals surface area (Å²) in [5.74, 6) is -2.60. The third kappa shape index (κ3) is 6.22. The Hall–Kier alpha value is -1.92. The maximum atomic E-state index is 15.6. The van der Waals surface area contributed by atoms with Crippen LogP contribution < -0.4 is 40.5 Å². The second-order valence-electron chi connectivity index (χ2n) is 9.34. The minimum Gasteiger partial charge on any atom is -0.661 e. The number of benzene rings is 2. The molecule has 2 aromatic heterocycles. The van der Waals surface area contributed by atoms with Crippen LogP contribution in [0.1, 0.15) is 60.5 Å². The van der Waals surface area contributed by atoms with Crippen molar-refractivity contribution >= 4 is 40.2 Å². The number of unbranched alkanes of at least 4 members (excludes halogenated alkanes) is 3. The van der Waals surface area contributed by atoms with E-state index in [9.17, 15) is 10.1 Å². The molecule has 12 heteroatoms. The van der Waals surface area contributed by atoms with Gasteiger partial charge in [0.1, 0.15) is 0 Å². The first-order valence-electron chi connectivity index (χ1n) is 12.5. The van der Waals surface area contributed by atoms with Crippen LogP contribution in [0, 0.1) is 11.6 Å². The second-order valence-corrected chi connectivity index (χ2v) is 10.8. The zero-order valence-electron chi connectivity index (χ0n) is 21.5. The monoisotopic (exact) mass is 582 g/mol. The average Bonchev–Trinajstić information content (AvgIpc) is 3.56. The van der Waals surface area contributed by atoms with E-state index >= 15 is 8.78 Å². The van der Waals surface area contributed by atoms with Crippen LogP contribution in [0.2, 0.25) is 5.02 Å². The Kier molecular flexibility index (Phi) is 10.1. The van der Waals surface area contributed by atoms with Crippen LogP contribution >= 0.6 is 23.4 Å². The van der Waals surface area contributed by atoms with Gasteiger partial charge in [-0.2, -0.15) is 5.10 Å². The van der Waals surface area contributed by atoms with E-state index in [4.69, 9.17) is 17.3 Å². The predicted octanol–water partition coefficient (Wildman–Crippen LogP) is 2.74. The summed E-state index contributed by atoms with van der Waals surface area (Å²) in [4.78, 5) is 16.0. The fourth-order valence-electron chi connectivity index (χ4n) is 4.67. The first-order chi connectivity index (χ1) is 18.4. The minimum atomic E-state index is -1.30. The van der Waals surface area contributed by atoms with Crippen LogP contribution in [0.3, 0.4) is 0 Å². The molecule has 0 amide bonds. The predicted molar refractivity (Wildman–Crippen MR) is 139 cm³/mol. The van der Waals surface area contributed by atoms with Gasteiger partial charge in [-0.15, -0.1) is 0 Å². The number of carbonyl (C=O) groups excluding carboxylic acids is 1. The number of nitrogens with two attached hydrogens (primary N) is 1. The number of halogens is 3. The Bertz CT molecular complexity index is 1490. The molecule has 0 aliphatic heterocycles. The summed E-state index contributed by atoms with van der Waals surface area (Å²) < 4.78 is 34.5. The van der Waals surface area contributed by atoms with Crippen LogP contribution in [0.5, 0.6) is 0 Å². The van der Waals surface area contributed by atoms with Crippen molar-refractivity contribution in [2.75, 3.05) is 6.54 Å². The Balaban J connectivity index is 0.00000353. The maximum absolute atomic E-state index is 15.6. The van der Waals surface area contributed by atoms with Crippen molar-refractivity contribution in [2.24, 2.45) is 5.73 Å². The van der Waals surface area contributed by atoms with Gasteiger partial charge in [0, 0.05) is 39.5 Å². The molecule has 0 bridgehead atoms. The van der Waals surface area contributed by atoms with E-state index in [1.54, 1.807) is 12.3 Å². The van der Waals surface area contributed by atoms with E-state index in [1.807, 2.05) is 15.4 Å². The molecule has 5 rings (SSSR count). The third-order valence-corrected chi connectivity index (χ3v) is 8.13. The first-order valence-corrected chi connectivity index (χ1v) is 13.7. The Labute approximate surface area is 255 Å². The van der Waals surface area contributed by atoms with Gasteiger partial charge in [0.25, 0.3) is 0 Å². The molecule has 200 valence electrons. The quantitative estimate of drug-likeness (QED) is 0.126. The van der Waals surface area contributed by atoms with Crippen molar-refractivity contribution in [3.05, 3.63) is 70.6 Å². The van der Waals surface area contributed by atoms with Gasteiger partial charge in [-0.1, -0.05) is 42.3 Å². The molecule has 1 aliphatic rings. The summed E-state index contributed by atoms with van der Waals surface area (Å²) in [5.41, 5.74) is 6.94. The molecule has 0 saturated heterocycles. The van der Waals surface area contributed by atoms with Gasteiger partial charge < -0.3 is 20.4 Å². The van der Waals surface area contributed by atoms with Gasteiger partial charge in [0.05, 0.1) is 28.0 Å². The first kappa shape index (κ1) is 30.0. The standard InChI is InChI=1S/C27H27ClF2N4O3S.Na/c28-20-11-10-19-25(23(20)30)34(17-14-32-33(15-17)13-4-2-1-3-12-31)24(16-8-9-16)26(19)38-21-7-5-6-18(22(21)29)27(35)37-36;/h5-7,10-11,14-16,36H,1-4,8-9,12-13,31H2;/q;+1/p-1. The van der Waals surface area contributed by atoms with Gasteiger partial charge in [0.15, 0.2) is 11.6 Å². The Morgan fingerprint density at radius 2 is 1.92 bits per heavy atom. The second kappa shape index (κ2) is 13.2. The molecule has 1 aliphatic carbocycles. The van der Waals surface area contributed by atoms with Crippen molar-refractivity contribution < 1.29 is 53.3 Å². The largest absolute Gasteiger partial charge is 1.00 e. The fourth-order valence-corrected chi connectivity index (χ4v) is 6.02. The number of carbonyl (C=O) groups is 1. The van der Waals surface area contributed by atoms with E-state index < -0.39 is 23.2 Å². The number of hydrogen-bond acceptors (Lipinski definition) is 6. The number of aromatic nitrogens is 3. The number of fused-ring (bicyclic) bond motifs is 1. The van der Waals surface area contributed by atoms with Gasteiger partial charge in [-0.25, -0.2) is 13.6 Å². The molecule has 1 saturated carbocycles. The van der Waals surface area contributed by atoms with Crippen LogP contribution in [0.4, 0.5) is 8.78 Å². The molecule has 39 heavy (non-hydrogen) atoms. The normalized spacial score (nSPS) is 13.1. The molecule has 1 fully saturated rings. The van der Waals surface area contributed by atoms with Crippen molar-refractivity contribution in [1.82, 2.24) is 14.3 Å². The smallest absolute Gasteiger partial charge is 0.661 e. The fraction of sp³-hybridized carbons (Fsp3) is 0.333. The number of hydrogen-bond donors (Lipinski definition) is 1. The number of aryl methyl sites for hydroxylation is 1. The zero-order chi connectivity index (χ0) is 26.8.